The molecule has 0 amide bonds. The number of rotatable bonds is 9. The molecule has 0 bridgehead atoms. The molecule has 2 aliphatic rings. The van der Waals surface area contributed by atoms with Gasteiger partial charge in [0.1, 0.15) is 6.04 Å². The Labute approximate surface area is 263 Å². The molecule has 3 heterocycles. The van der Waals surface area contributed by atoms with Gasteiger partial charge >= 0.3 is 11.9 Å². The van der Waals surface area contributed by atoms with Crippen LogP contribution in [0.4, 0.5) is 8.78 Å². The van der Waals surface area contributed by atoms with Gasteiger partial charge in [0.15, 0.2) is 22.5 Å². The number of thiazole rings is 1. The molecular formula is C31H34ClF2N5O4S. The van der Waals surface area contributed by atoms with E-state index < -0.39 is 34.2 Å². The van der Waals surface area contributed by atoms with E-state index in [2.05, 4.69) is 15.4 Å². The molecule has 1 fully saturated rings. The van der Waals surface area contributed by atoms with Gasteiger partial charge in [-0.15, -0.1) is 11.3 Å². The fourth-order valence-corrected chi connectivity index (χ4v) is 6.69. The summed E-state index contributed by atoms with van der Waals surface area (Å²) >= 11 is 7.68. The zero-order valence-corrected chi connectivity index (χ0v) is 26.5. The maximum atomic E-state index is 14.7. The van der Waals surface area contributed by atoms with Gasteiger partial charge in [0, 0.05) is 29.0 Å². The topological polar surface area (TPSA) is 108 Å². The molecule has 0 radical (unpaired) electrons. The maximum Gasteiger partial charge on any atom is 0.338 e. The Kier molecular flexibility index (Phi) is 9.50. The number of halogens is 3. The molecule has 0 saturated heterocycles. The number of ether oxygens (including phenoxy) is 2. The highest BCUT2D eigenvalue weighted by molar-refractivity contribution is 7.11. The first-order valence-electron chi connectivity index (χ1n) is 14.4. The molecule has 3 aromatic rings. The number of benzene rings is 1. The summed E-state index contributed by atoms with van der Waals surface area (Å²) in [5.41, 5.74) is 1.55. The van der Waals surface area contributed by atoms with Crippen LogP contribution in [0.25, 0.3) is 0 Å². The summed E-state index contributed by atoms with van der Waals surface area (Å²) in [6, 6.07) is 1.31. The van der Waals surface area contributed by atoms with Crippen LogP contribution in [0.3, 0.4) is 0 Å². The molecule has 13 heteroatoms. The lowest BCUT2D eigenvalue weighted by Crippen LogP contribution is -2.38. The predicted molar refractivity (Wildman–Crippen MR) is 162 cm³/mol. The second-order valence-electron chi connectivity index (χ2n) is 11.5. The SMILES string of the molecule is CCOC(=O)C1=C(C2CCC(c3cnn(C(C)(C)CC(=O)OC)c3)CC2)NC(c2nccs2)=NC1c1ccc(F)c(F)c1Cl. The number of amidine groups is 1. The van der Waals surface area contributed by atoms with Crippen molar-refractivity contribution >= 4 is 40.7 Å². The fraction of sp³-hybridized carbons (Fsp3) is 0.452. The highest BCUT2D eigenvalue weighted by Crippen LogP contribution is 2.44. The van der Waals surface area contributed by atoms with Crippen LogP contribution in [-0.4, -0.2) is 46.3 Å². The first-order valence-corrected chi connectivity index (χ1v) is 15.7. The van der Waals surface area contributed by atoms with Crippen molar-refractivity contribution in [3.05, 3.63) is 80.2 Å². The minimum absolute atomic E-state index is 0.0755. The molecule has 5 rings (SSSR count). The largest absolute Gasteiger partial charge is 0.469 e. The van der Waals surface area contributed by atoms with E-state index in [1.165, 1.54) is 24.5 Å². The van der Waals surface area contributed by atoms with E-state index in [1.54, 1.807) is 18.5 Å². The summed E-state index contributed by atoms with van der Waals surface area (Å²) in [5.74, 6) is -2.62. The number of carbonyl (C=O) groups is 2. The number of aliphatic imine (C=N–C) groups is 1. The second-order valence-corrected chi connectivity index (χ2v) is 12.8. The Morgan fingerprint density at radius 3 is 2.57 bits per heavy atom. The third kappa shape index (κ3) is 6.41. The van der Waals surface area contributed by atoms with Crippen molar-refractivity contribution in [1.82, 2.24) is 20.1 Å². The van der Waals surface area contributed by atoms with Crippen LogP contribution < -0.4 is 5.32 Å². The number of aromatic nitrogens is 3. The molecule has 1 aliphatic carbocycles. The number of hydrogen-bond acceptors (Lipinski definition) is 9. The van der Waals surface area contributed by atoms with E-state index in [4.69, 9.17) is 26.1 Å². The minimum Gasteiger partial charge on any atom is -0.469 e. The molecule has 1 atom stereocenters. The third-order valence-corrected chi connectivity index (χ3v) is 9.36. The molecule has 1 saturated carbocycles. The van der Waals surface area contributed by atoms with Crippen LogP contribution in [-0.2, 0) is 24.6 Å². The molecule has 1 unspecified atom stereocenters. The van der Waals surface area contributed by atoms with Crippen molar-refractivity contribution in [3.63, 3.8) is 0 Å². The van der Waals surface area contributed by atoms with Crippen LogP contribution in [0.2, 0.25) is 5.02 Å². The smallest absolute Gasteiger partial charge is 0.338 e. The van der Waals surface area contributed by atoms with Gasteiger partial charge < -0.3 is 14.8 Å². The molecule has 234 valence electrons. The van der Waals surface area contributed by atoms with E-state index in [1.807, 2.05) is 30.9 Å². The number of nitrogens with one attached hydrogen (secondary N) is 1. The Bertz CT molecular complexity index is 1600. The van der Waals surface area contributed by atoms with Gasteiger partial charge in [-0.1, -0.05) is 17.7 Å². The normalized spacial score (nSPS) is 20.6. The van der Waals surface area contributed by atoms with Crippen LogP contribution in [0.1, 0.15) is 81.0 Å². The standard InChI is InChI=1S/C31H34ClF2N5O4S/c1-5-43-30(41)23-26(18-8-6-17(7-9-18)19-15-36-39(16-19)31(2,3)14-22(40)42-4)37-28(29-35-12-13-44-29)38-27(23)20-10-11-21(33)25(34)24(20)32/h10-13,15-18,27H,5-9,14H2,1-4H3,(H,37,38). The number of methoxy groups -OCH3 is 1. The van der Waals surface area contributed by atoms with Crippen LogP contribution in [0, 0.1) is 17.6 Å². The van der Waals surface area contributed by atoms with E-state index in [-0.39, 0.29) is 42.0 Å². The summed E-state index contributed by atoms with van der Waals surface area (Å²) in [6.45, 7) is 5.70. The molecule has 0 spiro atoms. The van der Waals surface area contributed by atoms with Gasteiger partial charge in [0.25, 0.3) is 0 Å². The first-order chi connectivity index (χ1) is 21.0. The van der Waals surface area contributed by atoms with E-state index in [9.17, 15) is 18.4 Å². The molecular weight excluding hydrogens is 612 g/mol. The molecule has 9 nitrogen and oxygen atoms in total. The van der Waals surface area contributed by atoms with Gasteiger partial charge in [0.05, 0.1) is 42.5 Å². The predicted octanol–water partition coefficient (Wildman–Crippen LogP) is 6.45. The lowest BCUT2D eigenvalue weighted by atomic mass is 9.76. The summed E-state index contributed by atoms with van der Waals surface area (Å²) in [5, 5.41) is 9.88. The number of allylic oxidation sites excluding steroid dienone is 1. The zero-order valence-electron chi connectivity index (χ0n) is 24.9. The fourth-order valence-electron chi connectivity index (χ4n) is 5.85. The van der Waals surface area contributed by atoms with Crippen molar-refractivity contribution < 1.29 is 27.8 Å². The highest BCUT2D eigenvalue weighted by atomic mass is 35.5. The Balaban J connectivity index is 1.46. The van der Waals surface area contributed by atoms with Gasteiger partial charge in [-0.25, -0.2) is 18.6 Å². The Morgan fingerprint density at radius 1 is 1.18 bits per heavy atom. The first kappa shape index (κ1) is 31.8. The lowest BCUT2D eigenvalue weighted by Gasteiger charge is -2.35. The monoisotopic (exact) mass is 645 g/mol. The zero-order chi connectivity index (χ0) is 31.6. The van der Waals surface area contributed by atoms with Gasteiger partial charge in [-0.05, 0) is 69.9 Å². The Hall–Kier alpha value is -3.64. The minimum atomic E-state index is -1.20. The van der Waals surface area contributed by atoms with Crippen molar-refractivity contribution in [2.75, 3.05) is 13.7 Å². The summed E-state index contributed by atoms with van der Waals surface area (Å²) in [4.78, 5) is 34.6. The van der Waals surface area contributed by atoms with Crippen molar-refractivity contribution in [2.45, 2.75) is 70.4 Å². The van der Waals surface area contributed by atoms with Gasteiger partial charge in [0.2, 0.25) is 0 Å². The average Bonchev–Trinajstić information content (AvgIpc) is 3.73. The summed E-state index contributed by atoms with van der Waals surface area (Å²) in [6.07, 6.45) is 8.77. The molecule has 2 aromatic heterocycles. The lowest BCUT2D eigenvalue weighted by molar-refractivity contribution is -0.143. The molecule has 1 aliphatic heterocycles. The van der Waals surface area contributed by atoms with Crippen LogP contribution >= 0.6 is 22.9 Å². The number of hydrogen-bond donors (Lipinski definition) is 1. The molecule has 44 heavy (non-hydrogen) atoms. The van der Waals surface area contributed by atoms with Gasteiger partial charge in [-0.3, -0.25) is 14.5 Å². The Morgan fingerprint density at radius 2 is 1.91 bits per heavy atom. The number of carbonyl (C=O) groups excluding carboxylic acids is 2. The second kappa shape index (κ2) is 13.2. The number of nitrogens with zero attached hydrogens (tertiary/aromatic N) is 4. The quantitative estimate of drug-likeness (QED) is 0.210. The molecule has 1 aromatic carbocycles. The van der Waals surface area contributed by atoms with Crippen LogP contribution in [0.5, 0.6) is 0 Å². The highest BCUT2D eigenvalue weighted by Gasteiger charge is 2.39. The van der Waals surface area contributed by atoms with E-state index >= 15 is 0 Å². The maximum absolute atomic E-state index is 14.7. The third-order valence-electron chi connectivity index (χ3n) is 8.20. The summed E-state index contributed by atoms with van der Waals surface area (Å²) < 4.78 is 40.8. The average molecular weight is 646 g/mol. The summed E-state index contributed by atoms with van der Waals surface area (Å²) in [7, 11) is 1.37. The van der Waals surface area contributed by atoms with Gasteiger partial charge in [-0.2, -0.15) is 5.10 Å². The van der Waals surface area contributed by atoms with Crippen molar-refractivity contribution in [2.24, 2.45) is 10.9 Å². The van der Waals surface area contributed by atoms with Crippen molar-refractivity contribution in [3.8, 4) is 0 Å². The molecule has 1 N–H and O–H groups in total. The van der Waals surface area contributed by atoms with E-state index in [0.29, 0.717) is 16.5 Å². The number of esters is 2. The van der Waals surface area contributed by atoms with Crippen molar-refractivity contribution in [1.29, 1.82) is 0 Å². The van der Waals surface area contributed by atoms with Crippen LogP contribution in [0.15, 0.2) is 52.4 Å². The van der Waals surface area contributed by atoms with E-state index in [0.717, 1.165) is 37.3 Å².